The van der Waals surface area contributed by atoms with E-state index in [9.17, 15) is 45.3 Å². The normalized spacial score (nSPS) is 23.9. The van der Waals surface area contributed by atoms with Gasteiger partial charge < -0.3 is 64.2 Å². The summed E-state index contributed by atoms with van der Waals surface area (Å²) in [5, 5.41) is 72.5. The fourth-order valence-corrected chi connectivity index (χ4v) is 9.95. The Bertz CT molecular complexity index is 1700. The fraction of sp³-hybridized carbons (Fsp3) is 0.791. The van der Waals surface area contributed by atoms with Gasteiger partial charge in [0.1, 0.15) is 55.4 Å². The molecule has 2 fully saturated rings. The van der Waals surface area contributed by atoms with Gasteiger partial charge in [-0.3, -0.25) is 9.59 Å². The lowest BCUT2D eigenvalue weighted by molar-refractivity contribution is -0.332. The SMILES string of the molecule is CC/C=C\C/C=C\C/C=C\C/C=C\CCCCCCCCCCCCC(=O)OC(COC(=O)CCCCCCCCCCCCC/C=C\C/C=C\CCCCCCC)COC1OC(COC2OC(CO)C(O)C(O)C2O)C(O)C(O)C1O. The van der Waals surface area contributed by atoms with Crippen molar-refractivity contribution in [1.29, 1.82) is 0 Å². The molecule has 0 aromatic heterocycles. The number of allylic oxidation sites excluding steroid dienone is 12. The number of hydrogen-bond donors (Lipinski definition) is 7. The number of rotatable bonds is 52. The van der Waals surface area contributed by atoms with Crippen LogP contribution in [0.15, 0.2) is 72.9 Å². The Labute approximate surface area is 495 Å². The molecule has 82 heavy (non-hydrogen) atoms. The third-order valence-electron chi connectivity index (χ3n) is 15.2. The van der Waals surface area contributed by atoms with E-state index in [1.165, 1.54) is 116 Å². The first kappa shape index (κ1) is 75.0. The minimum Gasteiger partial charge on any atom is -0.462 e. The van der Waals surface area contributed by atoms with Crippen molar-refractivity contribution in [3.63, 3.8) is 0 Å². The predicted molar refractivity (Wildman–Crippen MR) is 326 cm³/mol. The summed E-state index contributed by atoms with van der Waals surface area (Å²) in [6, 6.07) is 0. The number of esters is 2. The molecular formula is C67H116O15. The first-order valence-electron chi connectivity index (χ1n) is 32.5. The molecule has 7 N–H and O–H groups in total. The van der Waals surface area contributed by atoms with Crippen molar-refractivity contribution in [3.8, 4) is 0 Å². The van der Waals surface area contributed by atoms with Crippen molar-refractivity contribution in [1.82, 2.24) is 0 Å². The number of aliphatic hydroxyl groups excluding tert-OH is 7. The Morgan fingerprint density at radius 3 is 1.21 bits per heavy atom. The molecule has 15 nitrogen and oxygen atoms in total. The Hall–Kier alpha value is -3.06. The molecule has 2 saturated heterocycles. The second-order valence-corrected chi connectivity index (χ2v) is 22.6. The van der Waals surface area contributed by atoms with E-state index < -0.39 is 92.7 Å². The van der Waals surface area contributed by atoms with Crippen LogP contribution in [0.1, 0.15) is 245 Å². The quantitative estimate of drug-likeness (QED) is 0.0171. The standard InChI is InChI=1S/C67H116O15/c1-3-5-7-9-11-13-15-17-19-21-23-25-27-29-31-33-35-37-39-41-43-45-47-49-58(69)77-52-55(53-78-66-65(76)63(74)61(72)57(82-66)54-79-67-64(75)62(73)60(71)56(51-68)81-67)80-59(70)50-48-46-44-42-40-38-36-34-32-30-28-26-24-22-20-18-16-14-12-10-8-6-4-2/h6,8,12,14-15,17-18,20-21,23-24,26,55-57,60-68,71-76H,3-5,7,9-11,13,16,19,22,25,27-54H2,1-2H3/b8-6-,14-12-,17-15-,20-18-,23-21-,26-24-. The van der Waals surface area contributed by atoms with Crippen molar-refractivity contribution in [2.75, 3.05) is 26.4 Å². The summed E-state index contributed by atoms with van der Waals surface area (Å²) in [4.78, 5) is 26.0. The van der Waals surface area contributed by atoms with Crippen molar-refractivity contribution in [2.45, 2.75) is 313 Å². The van der Waals surface area contributed by atoms with Gasteiger partial charge in [-0.05, 0) is 83.5 Å². The summed E-state index contributed by atoms with van der Waals surface area (Å²) in [6.07, 6.45) is 49.1. The maximum absolute atomic E-state index is 13.1. The van der Waals surface area contributed by atoms with Crippen LogP contribution in [0.5, 0.6) is 0 Å². The number of unbranched alkanes of at least 4 members (excludes halogenated alkanes) is 26. The maximum atomic E-state index is 13.1. The molecular weight excluding hydrogens is 1040 g/mol. The molecule has 15 heteroatoms. The van der Waals surface area contributed by atoms with Gasteiger partial charge in [0.2, 0.25) is 0 Å². The van der Waals surface area contributed by atoms with E-state index in [1.54, 1.807) is 0 Å². The molecule has 0 amide bonds. The number of carbonyl (C=O) groups excluding carboxylic acids is 2. The van der Waals surface area contributed by atoms with Crippen LogP contribution >= 0.6 is 0 Å². The molecule has 11 unspecified atom stereocenters. The highest BCUT2D eigenvalue weighted by atomic mass is 16.7. The first-order valence-corrected chi connectivity index (χ1v) is 32.5. The minimum atomic E-state index is -1.77. The van der Waals surface area contributed by atoms with Crippen LogP contribution < -0.4 is 0 Å². The van der Waals surface area contributed by atoms with E-state index in [2.05, 4.69) is 86.8 Å². The molecule has 474 valence electrons. The van der Waals surface area contributed by atoms with Gasteiger partial charge in [-0.25, -0.2) is 0 Å². The van der Waals surface area contributed by atoms with Gasteiger partial charge in [0.05, 0.1) is 19.8 Å². The van der Waals surface area contributed by atoms with E-state index >= 15 is 0 Å². The fourth-order valence-electron chi connectivity index (χ4n) is 9.95. The first-order chi connectivity index (χ1) is 40.0. The van der Waals surface area contributed by atoms with Crippen LogP contribution in [0.4, 0.5) is 0 Å². The number of ether oxygens (including phenoxy) is 6. The van der Waals surface area contributed by atoms with Crippen LogP contribution in [0.2, 0.25) is 0 Å². The van der Waals surface area contributed by atoms with Crippen LogP contribution in [0, 0.1) is 0 Å². The highest BCUT2D eigenvalue weighted by molar-refractivity contribution is 5.70. The number of carbonyl (C=O) groups is 2. The molecule has 0 radical (unpaired) electrons. The zero-order chi connectivity index (χ0) is 59.5. The van der Waals surface area contributed by atoms with Gasteiger partial charge in [-0.2, -0.15) is 0 Å². The summed E-state index contributed by atoms with van der Waals surface area (Å²) in [6.45, 7) is 2.50. The Morgan fingerprint density at radius 1 is 0.402 bits per heavy atom. The van der Waals surface area contributed by atoms with Gasteiger partial charge in [0.15, 0.2) is 18.7 Å². The third-order valence-corrected chi connectivity index (χ3v) is 15.2. The molecule has 2 aliphatic heterocycles. The predicted octanol–water partition coefficient (Wildman–Crippen LogP) is 12.5. The summed E-state index contributed by atoms with van der Waals surface area (Å²) in [7, 11) is 0. The van der Waals surface area contributed by atoms with Gasteiger partial charge in [-0.1, -0.05) is 222 Å². The highest BCUT2D eigenvalue weighted by Crippen LogP contribution is 2.27. The molecule has 0 spiro atoms. The Kier molecular flexibility index (Phi) is 47.8. The highest BCUT2D eigenvalue weighted by Gasteiger charge is 2.47. The van der Waals surface area contributed by atoms with Crippen molar-refractivity contribution < 1.29 is 73.8 Å². The van der Waals surface area contributed by atoms with E-state index in [0.29, 0.717) is 12.8 Å². The van der Waals surface area contributed by atoms with Gasteiger partial charge in [-0.15, -0.1) is 0 Å². The van der Waals surface area contributed by atoms with E-state index in [-0.39, 0.29) is 26.1 Å². The van der Waals surface area contributed by atoms with Crippen LogP contribution in [0.25, 0.3) is 0 Å². The average Bonchev–Trinajstić information content (AvgIpc) is 3.68. The van der Waals surface area contributed by atoms with Crippen LogP contribution in [-0.4, -0.2) is 142 Å². The summed E-state index contributed by atoms with van der Waals surface area (Å²) in [5.74, 6) is -0.928. The smallest absolute Gasteiger partial charge is 0.306 e. The molecule has 0 aromatic rings. The second kappa shape index (κ2) is 52.3. The largest absolute Gasteiger partial charge is 0.462 e. The van der Waals surface area contributed by atoms with Gasteiger partial charge in [0, 0.05) is 12.8 Å². The van der Waals surface area contributed by atoms with Crippen LogP contribution in [-0.2, 0) is 38.0 Å². The molecule has 2 aliphatic rings. The van der Waals surface area contributed by atoms with Gasteiger partial charge in [0.25, 0.3) is 0 Å². The van der Waals surface area contributed by atoms with Crippen molar-refractivity contribution >= 4 is 11.9 Å². The summed E-state index contributed by atoms with van der Waals surface area (Å²) in [5.41, 5.74) is 0. The minimum absolute atomic E-state index is 0.157. The topological polar surface area (TPSA) is 231 Å². The lowest BCUT2D eigenvalue weighted by atomic mass is 9.98. The van der Waals surface area contributed by atoms with E-state index in [0.717, 1.165) is 89.9 Å². The maximum Gasteiger partial charge on any atom is 0.306 e. The monoisotopic (exact) mass is 1160 g/mol. The molecule has 0 saturated carbocycles. The number of hydrogen-bond acceptors (Lipinski definition) is 15. The Balaban J connectivity index is 1.70. The molecule has 11 atom stereocenters. The van der Waals surface area contributed by atoms with E-state index in [4.69, 9.17) is 28.4 Å². The zero-order valence-corrected chi connectivity index (χ0v) is 51.0. The van der Waals surface area contributed by atoms with Crippen molar-refractivity contribution in [3.05, 3.63) is 72.9 Å². The molecule has 2 heterocycles. The molecule has 2 rings (SSSR count). The van der Waals surface area contributed by atoms with Gasteiger partial charge >= 0.3 is 11.9 Å². The van der Waals surface area contributed by atoms with E-state index in [1.807, 2.05) is 0 Å². The molecule has 0 bridgehead atoms. The lowest BCUT2D eigenvalue weighted by Crippen LogP contribution is -2.61. The second-order valence-electron chi connectivity index (χ2n) is 22.6. The third kappa shape index (κ3) is 38.1. The summed E-state index contributed by atoms with van der Waals surface area (Å²) < 4.78 is 33.8. The summed E-state index contributed by atoms with van der Waals surface area (Å²) >= 11 is 0. The number of aliphatic hydroxyl groups is 7. The van der Waals surface area contributed by atoms with Crippen LogP contribution in [0.3, 0.4) is 0 Å². The lowest BCUT2D eigenvalue weighted by Gasteiger charge is -2.42. The molecule has 0 aliphatic carbocycles. The Morgan fingerprint density at radius 2 is 0.768 bits per heavy atom. The van der Waals surface area contributed by atoms with Crippen molar-refractivity contribution in [2.24, 2.45) is 0 Å². The molecule has 0 aromatic carbocycles. The average molecular weight is 1160 g/mol. The zero-order valence-electron chi connectivity index (χ0n) is 51.0.